The van der Waals surface area contributed by atoms with Gasteiger partial charge in [0.05, 0.1) is 23.1 Å². The lowest BCUT2D eigenvalue weighted by atomic mass is 10.2. The van der Waals surface area contributed by atoms with Crippen LogP contribution in [0.1, 0.15) is 12.1 Å². The normalized spacial score (nSPS) is 11.2. The van der Waals surface area contributed by atoms with Crippen molar-refractivity contribution >= 4 is 22.4 Å². The number of aromatic nitrogens is 3. The molecule has 0 spiro atoms. The molecule has 3 N–H and O–H groups in total. The second-order valence-electron chi connectivity index (χ2n) is 4.17. The Morgan fingerprint density at radius 1 is 1.33 bits per heavy atom. The second-order valence-corrected chi connectivity index (χ2v) is 5.03. The van der Waals surface area contributed by atoms with Crippen molar-refractivity contribution in [2.45, 2.75) is 12.8 Å². The number of fused-ring (bicyclic) bond motifs is 1. The molecule has 18 heavy (non-hydrogen) atoms. The highest BCUT2D eigenvalue weighted by molar-refractivity contribution is 7.13. The van der Waals surface area contributed by atoms with Gasteiger partial charge in [-0.2, -0.15) is 0 Å². The fraction of sp³-hybridized carbons (Fsp3) is 0.231. The van der Waals surface area contributed by atoms with E-state index in [0.29, 0.717) is 6.54 Å². The van der Waals surface area contributed by atoms with Gasteiger partial charge in [0.25, 0.3) is 0 Å². The molecule has 0 aliphatic rings. The van der Waals surface area contributed by atoms with Crippen LogP contribution in [0.25, 0.3) is 21.6 Å². The number of nitrogens with one attached hydrogen (secondary N) is 1. The van der Waals surface area contributed by atoms with Crippen LogP contribution < -0.4 is 5.73 Å². The van der Waals surface area contributed by atoms with Crippen molar-refractivity contribution in [3.63, 3.8) is 0 Å². The van der Waals surface area contributed by atoms with Crippen LogP contribution in [0, 0.1) is 0 Å². The van der Waals surface area contributed by atoms with Crippen molar-refractivity contribution in [2.75, 3.05) is 6.54 Å². The highest BCUT2D eigenvalue weighted by atomic mass is 32.1. The molecule has 1 aromatic carbocycles. The molecule has 92 valence electrons. The monoisotopic (exact) mass is 258 g/mol. The Morgan fingerprint density at radius 3 is 3.17 bits per heavy atom. The highest BCUT2D eigenvalue weighted by Gasteiger charge is 2.06. The number of rotatable bonds is 4. The lowest BCUT2D eigenvalue weighted by Gasteiger charge is -1.96. The Morgan fingerprint density at radius 2 is 2.28 bits per heavy atom. The number of nitrogens with two attached hydrogens (primary N) is 1. The molecule has 0 bridgehead atoms. The quantitative estimate of drug-likeness (QED) is 0.755. The standard InChI is InChI=1S/C13H14N4S/c14-5-1-2-10-7-18-13(17-10)9-3-4-11-12(6-9)16-8-15-11/h3-4,6-8H,1-2,5,14H2,(H,15,16). The molecule has 2 heterocycles. The van der Waals surface area contributed by atoms with E-state index in [-0.39, 0.29) is 0 Å². The maximum atomic E-state index is 5.51. The van der Waals surface area contributed by atoms with Gasteiger partial charge in [-0.25, -0.2) is 9.97 Å². The molecule has 0 atom stereocenters. The van der Waals surface area contributed by atoms with Crippen molar-refractivity contribution in [1.29, 1.82) is 0 Å². The third kappa shape index (κ3) is 2.14. The van der Waals surface area contributed by atoms with E-state index in [4.69, 9.17) is 5.73 Å². The molecule has 3 aromatic rings. The van der Waals surface area contributed by atoms with Crippen molar-refractivity contribution in [1.82, 2.24) is 15.0 Å². The van der Waals surface area contributed by atoms with Crippen LogP contribution in [0.15, 0.2) is 29.9 Å². The van der Waals surface area contributed by atoms with E-state index in [2.05, 4.69) is 32.5 Å². The number of imidazole rings is 1. The number of aromatic amines is 1. The van der Waals surface area contributed by atoms with E-state index in [9.17, 15) is 0 Å². The summed E-state index contributed by atoms with van der Waals surface area (Å²) in [5, 5.41) is 3.17. The first kappa shape index (κ1) is 11.4. The minimum absolute atomic E-state index is 0.715. The molecule has 2 aromatic heterocycles. The van der Waals surface area contributed by atoms with Gasteiger partial charge in [-0.3, -0.25) is 0 Å². The summed E-state index contributed by atoms with van der Waals surface area (Å²) >= 11 is 1.68. The molecular weight excluding hydrogens is 244 g/mol. The van der Waals surface area contributed by atoms with Gasteiger partial charge in [-0.15, -0.1) is 11.3 Å². The van der Waals surface area contributed by atoms with Gasteiger partial charge in [0.1, 0.15) is 5.01 Å². The molecule has 0 fully saturated rings. The van der Waals surface area contributed by atoms with Crippen LogP contribution in [-0.4, -0.2) is 21.5 Å². The number of thiazole rings is 1. The summed E-state index contributed by atoms with van der Waals surface area (Å²) in [6.45, 7) is 0.715. The number of benzene rings is 1. The molecule has 0 saturated heterocycles. The number of aryl methyl sites for hydroxylation is 1. The van der Waals surface area contributed by atoms with Gasteiger partial charge < -0.3 is 10.7 Å². The van der Waals surface area contributed by atoms with Crippen molar-refractivity contribution in [3.05, 3.63) is 35.6 Å². The van der Waals surface area contributed by atoms with Gasteiger partial charge in [-0.05, 0) is 37.6 Å². The number of hydrogen-bond donors (Lipinski definition) is 2. The van der Waals surface area contributed by atoms with Crippen LogP contribution in [0.4, 0.5) is 0 Å². The Bertz CT molecular complexity index is 656. The Hall–Kier alpha value is -1.72. The van der Waals surface area contributed by atoms with Crippen LogP contribution in [0.2, 0.25) is 0 Å². The van der Waals surface area contributed by atoms with E-state index in [0.717, 1.165) is 40.1 Å². The molecular formula is C13H14N4S. The minimum atomic E-state index is 0.715. The maximum Gasteiger partial charge on any atom is 0.123 e. The summed E-state index contributed by atoms with van der Waals surface area (Å²) in [5.41, 5.74) is 9.81. The third-order valence-corrected chi connectivity index (χ3v) is 3.80. The van der Waals surface area contributed by atoms with Gasteiger partial charge in [0.15, 0.2) is 0 Å². The average molecular weight is 258 g/mol. The maximum absolute atomic E-state index is 5.51. The topological polar surface area (TPSA) is 67.6 Å². The van der Waals surface area contributed by atoms with Gasteiger partial charge in [0.2, 0.25) is 0 Å². The highest BCUT2D eigenvalue weighted by Crippen LogP contribution is 2.26. The van der Waals surface area contributed by atoms with Crippen molar-refractivity contribution in [2.24, 2.45) is 5.73 Å². The summed E-state index contributed by atoms with van der Waals surface area (Å²) < 4.78 is 0. The van der Waals surface area contributed by atoms with Crippen LogP contribution in [0.3, 0.4) is 0 Å². The molecule has 0 radical (unpaired) electrons. The zero-order valence-corrected chi connectivity index (χ0v) is 10.7. The van der Waals surface area contributed by atoms with Crippen molar-refractivity contribution < 1.29 is 0 Å². The molecule has 0 amide bonds. The lowest BCUT2D eigenvalue weighted by molar-refractivity contribution is 0.816. The largest absolute Gasteiger partial charge is 0.345 e. The fourth-order valence-electron chi connectivity index (χ4n) is 1.91. The van der Waals surface area contributed by atoms with E-state index in [1.54, 1.807) is 17.7 Å². The molecule has 0 saturated carbocycles. The smallest absolute Gasteiger partial charge is 0.123 e. The van der Waals surface area contributed by atoms with Crippen LogP contribution in [-0.2, 0) is 6.42 Å². The van der Waals surface area contributed by atoms with Gasteiger partial charge in [-0.1, -0.05) is 0 Å². The van der Waals surface area contributed by atoms with Gasteiger partial charge in [0, 0.05) is 10.9 Å². The minimum Gasteiger partial charge on any atom is -0.345 e. The van der Waals surface area contributed by atoms with Crippen molar-refractivity contribution in [3.8, 4) is 10.6 Å². The van der Waals surface area contributed by atoms with E-state index < -0.39 is 0 Å². The molecule has 5 heteroatoms. The summed E-state index contributed by atoms with van der Waals surface area (Å²) in [7, 11) is 0. The number of nitrogens with zero attached hydrogens (tertiary/aromatic N) is 2. The first-order chi connectivity index (χ1) is 8.86. The van der Waals surface area contributed by atoms with E-state index >= 15 is 0 Å². The first-order valence-electron chi connectivity index (χ1n) is 5.95. The molecule has 4 nitrogen and oxygen atoms in total. The SMILES string of the molecule is NCCCc1csc(-c2ccc3nc[nH]c3c2)n1. The molecule has 0 aliphatic carbocycles. The molecule has 3 rings (SSSR count). The molecule has 0 unspecified atom stereocenters. The van der Waals surface area contributed by atoms with E-state index in [1.807, 2.05) is 6.07 Å². The Labute approximate surface area is 109 Å². The first-order valence-corrected chi connectivity index (χ1v) is 6.83. The van der Waals surface area contributed by atoms with Gasteiger partial charge >= 0.3 is 0 Å². The zero-order valence-electron chi connectivity index (χ0n) is 9.89. The second kappa shape index (κ2) is 4.88. The Kier molecular flexibility index (Phi) is 3.08. The lowest BCUT2D eigenvalue weighted by Crippen LogP contribution is -2.00. The summed E-state index contributed by atoms with van der Waals surface area (Å²) in [6.07, 6.45) is 3.66. The number of hydrogen-bond acceptors (Lipinski definition) is 4. The summed E-state index contributed by atoms with van der Waals surface area (Å²) in [4.78, 5) is 12.0. The van der Waals surface area contributed by atoms with E-state index in [1.165, 1.54) is 0 Å². The third-order valence-electron chi connectivity index (χ3n) is 2.86. The predicted molar refractivity (Wildman–Crippen MR) is 74.6 cm³/mol. The van der Waals surface area contributed by atoms with Crippen LogP contribution >= 0.6 is 11.3 Å². The summed E-state index contributed by atoms with van der Waals surface area (Å²) in [6, 6.07) is 6.17. The zero-order chi connectivity index (χ0) is 12.4. The fourth-order valence-corrected chi connectivity index (χ4v) is 2.76. The Balaban J connectivity index is 1.90. The van der Waals surface area contributed by atoms with Crippen LogP contribution in [0.5, 0.6) is 0 Å². The average Bonchev–Trinajstić information content (AvgIpc) is 3.04. The predicted octanol–water partition coefficient (Wildman–Crippen LogP) is 2.58. The molecule has 0 aliphatic heterocycles. The number of H-pyrrole nitrogens is 1. The summed E-state index contributed by atoms with van der Waals surface area (Å²) in [5.74, 6) is 0.